The molecule has 1 N–H and O–H groups in total. The number of fused-ring (bicyclic) bond motifs is 2. The average molecular weight is 291 g/mol. The van der Waals surface area contributed by atoms with Gasteiger partial charge in [-0.15, -0.1) is 0 Å². The van der Waals surface area contributed by atoms with Crippen molar-refractivity contribution in [1.29, 1.82) is 0 Å². The summed E-state index contributed by atoms with van der Waals surface area (Å²) in [5, 5.41) is 3.90. The number of hydrogen-bond donors (Lipinski definition) is 1. The van der Waals surface area contributed by atoms with Gasteiger partial charge < -0.3 is 10.1 Å². The van der Waals surface area contributed by atoms with Crippen LogP contribution in [0.3, 0.4) is 0 Å². The van der Waals surface area contributed by atoms with Crippen LogP contribution in [-0.4, -0.2) is 22.5 Å². The van der Waals surface area contributed by atoms with Crippen LogP contribution in [0.5, 0.6) is 0 Å². The molecule has 0 bridgehead atoms. The average Bonchev–Trinajstić information content (AvgIpc) is 2.74. The third-order valence-corrected chi connectivity index (χ3v) is 3.73. The summed E-state index contributed by atoms with van der Waals surface area (Å²) in [5.74, 6) is -0.119. The number of anilines is 1. The number of nitrogens with zero attached hydrogens (tertiary/aromatic N) is 2. The number of carbonyl (C=O) groups is 1. The third kappa shape index (κ3) is 2.21. The minimum Gasteiger partial charge on any atom is -0.367 e. The lowest BCUT2D eigenvalue weighted by Crippen LogP contribution is -2.14. The second-order valence-corrected chi connectivity index (χ2v) is 5.16. The molecule has 22 heavy (non-hydrogen) atoms. The van der Waals surface area contributed by atoms with Gasteiger partial charge in [0, 0.05) is 29.0 Å². The highest BCUT2D eigenvalue weighted by atomic mass is 16.5. The fraction of sp³-hybridized carbons (Fsp3) is 0.118. The van der Waals surface area contributed by atoms with E-state index in [4.69, 9.17) is 4.74 Å². The summed E-state index contributed by atoms with van der Waals surface area (Å²) in [6.07, 6.45) is 5.30. The summed E-state index contributed by atoms with van der Waals surface area (Å²) in [6, 6.07) is 9.92. The zero-order chi connectivity index (χ0) is 14.9. The van der Waals surface area contributed by atoms with Crippen LogP contribution in [0.1, 0.15) is 5.56 Å². The molecule has 0 unspecified atom stereocenters. The van der Waals surface area contributed by atoms with E-state index in [1.807, 2.05) is 24.3 Å². The van der Waals surface area contributed by atoms with Crippen molar-refractivity contribution in [3.05, 3.63) is 54.5 Å². The lowest BCUT2D eigenvalue weighted by molar-refractivity contribution is -0.120. The summed E-state index contributed by atoms with van der Waals surface area (Å²) >= 11 is 0. The number of benzene rings is 1. The Kier molecular flexibility index (Phi) is 3.05. The van der Waals surface area contributed by atoms with Gasteiger partial charge in [-0.2, -0.15) is 0 Å². The van der Waals surface area contributed by atoms with Crippen LogP contribution < -0.4 is 5.32 Å². The Labute approximate surface area is 127 Å². The van der Waals surface area contributed by atoms with E-state index in [2.05, 4.69) is 21.4 Å². The van der Waals surface area contributed by atoms with Crippen molar-refractivity contribution in [3.8, 4) is 11.1 Å². The van der Waals surface area contributed by atoms with Crippen LogP contribution in [0.25, 0.3) is 22.0 Å². The Bertz CT molecular complexity index is 871. The van der Waals surface area contributed by atoms with Gasteiger partial charge in [-0.1, -0.05) is 6.07 Å². The molecule has 2 aromatic heterocycles. The summed E-state index contributed by atoms with van der Waals surface area (Å²) in [5.41, 5.74) is 4.80. The highest BCUT2D eigenvalue weighted by Gasteiger charge is 2.14. The number of ether oxygens (including phenoxy) is 1. The molecule has 4 rings (SSSR count). The van der Waals surface area contributed by atoms with E-state index in [1.165, 1.54) is 0 Å². The first-order valence-electron chi connectivity index (χ1n) is 7.01. The van der Waals surface area contributed by atoms with E-state index in [0.717, 1.165) is 33.3 Å². The molecule has 0 spiro atoms. The molecule has 3 heterocycles. The molecular formula is C17H13N3O2. The van der Waals surface area contributed by atoms with E-state index in [0.29, 0.717) is 6.61 Å². The fourth-order valence-electron chi connectivity index (χ4n) is 2.69. The summed E-state index contributed by atoms with van der Waals surface area (Å²) in [6.45, 7) is 0.514. The van der Waals surface area contributed by atoms with Gasteiger partial charge >= 0.3 is 0 Å². The van der Waals surface area contributed by atoms with Crippen molar-refractivity contribution in [1.82, 2.24) is 9.97 Å². The zero-order valence-corrected chi connectivity index (χ0v) is 11.7. The van der Waals surface area contributed by atoms with Gasteiger partial charge in [0.25, 0.3) is 0 Å². The summed E-state index contributed by atoms with van der Waals surface area (Å²) in [7, 11) is 0. The molecule has 0 aliphatic carbocycles. The smallest absolute Gasteiger partial charge is 0.250 e. The molecule has 0 atom stereocenters. The fourth-order valence-corrected chi connectivity index (χ4v) is 2.69. The van der Waals surface area contributed by atoms with Crippen LogP contribution in [0.2, 0.25) is 0 Å². The molecule has 1 aliphatic rings. The molecule has 3 aromatic rings. The van der Waals surface area contributed by atoms with Crippen molar-refractivity contribution in [3.63, 3.8) is 0 Å². The highest BCUT2D eigenvalue weighted by Crippen LogP contribution is 2.30. The first-order valence-corrected chi connectivity index (χ1v) is 7.01. The number of rotatable bonds is 1. The van der Waals surface area contributed by atoms with Gasteiger partial charge in [-0.05, 0) is 35.4 Å². The minimum absolute atomic E-state index is 0.0911. The van der Waals surface area contributed by atoms with Gasteiger partial charge in [0.15, 0.2) is 0 Å². The predicted molar refractivity (Wildman–Crippen MR) is 83.3 cm³/mol. The zero-order valence-electron chi connectivity index (χ0n) is 11.7. The molecule has 0 saturated carbocycles. The van der Waals surface area contributed by atoms with Crippen LogP contribution in [0.15, 0.2) is 48.9 Å². The molecular weight excluding hydrogens is 278 g/mol. The predicted octanol–water partition coefficient (Wildman–Crippen LogP) is 2.77. The van der Waals surface area contributed by atoms with Gasteiger partial charge in [-0.25, -0.2) is 0 Å². The Hall–Kier alpha value is -2.79. The number of pyridine rings is 2. The van der Waals surface area contributed by atoms with E-state index in [1.54, 1.807) is 18.6 Å². The maximum Gasteiger partial charge on any atom is 0.250 e. The molecule has 0 fully saturated rings. The van der Waals surface area contributed by atoms with E-state index in [9.17, 15) is 4.79 Å². The first-order chi connectivity index (χ1) is 10.8. The standard InChI is InChI=1S/C17H13N3O2/c21-17-10-22-9-12-7-11(1-2-15(12)20-17)13-4-6-19-16-8-18-5-3-14(13)16/h1-8H,9-10H2,(H,20,21). The molecule has 0 saturated heterocycles. The van der Waals surface area contributed by atoms with Crippen LogP contribution in [-0.2, 0) is 16.1 Å². The van der Waals surface area contributed by atoms with Crippen molar-refractivity contribution in [2.24, 2.45) is 0 Å². The van der Waals surface area contributed by atoms with Gasteiger partial charge in [0.1, 0.15) is 6.61 Å². The van der Waals surface area contributed by atoms with Crippen molar-refractivity contribution >= 4 is 22.5 Å². The second kappa shape index (κ2) is 5.20. The van der Waals surface area contributed by atoms with Crippen LogP contribution >= 0.6 is 0 Å². The van der Waals surface area contributed by atoms with Crippen molar-refractivity contribution in [2.45, 2.75) is 6.61 Å². The quantitative estimate of drug-likeness (QED) is 0.748. The van der Waals surface area contributed by atoms with Gasteiger partial charge in [0.05, 0.1) is 18.3 Å². The van der Waals surface area contributed by atoms with Crippen LogP contribution in [0, 0.1) is 0 Å². The van der Waals surface area contributed by atoms with Crippen molar-refractivity contribution < 1.29 is 9.53 Å². The Balaban J connectivity index is 1.86. The Morgan fingerprint density at radius 1 is 1.09 bits per heavy atom. The monoisotopic (exact) mass is 291 g/mol. The van der Waals surface area contributed by atoms with Gasteiger partial charge in [-0.3, -0.25) is 14.8 Å². The molecule has 5 heteroatoms. The Morgan fingerprint density at radius 3 is 3.00 bits per heavy atom. The molecule has 0 radical (unpaired) electrons. The first kappa shape index (κ1) is 12.9. The van der Waals surface area contributed by atoms with Crippen LogP contribution in [0.4, 0.5) is 5.69 Å². The lowest BCUT2D eigenvalue weighted by Gasteiger charge is -2.10. The number of hydrogen-bond acceptors (Lipinski definition) is 4. The molecule has 1 aromatic carbocycles. The molecule has 5 nitrogen and oxygen atoms in total. The van der Waals surface area contributed by atoms with Gasteiger partial charge in [0.2, 0.25) is 5.91 Å². The second-order valence-electron chi connectivity index (χ2n) is 5.16. The minimum atomic E-state index is -0.119. The SMILES string of the molecule is O=C1COCc2cc(-c3ccnc4cnccc34)ccc2N1. The number of carbonyl (C=O) groups excluding carboxylic acids is 1. The Morgan fingerprint density at radius 2 is 2.05 bits per heavy atom. The highest BCUT2D eigenvalue weighted by molar-refractivity contribution is 5.96. The topological polar surface area (TPSA) is 64.1 Å². The third-order valence-electron chi connectivity index (χ3n) is 3.73. The maximum absolute atomic E-state index is 11.5. The molecule has 108 valence electrons. The number of nitrogens with one attached hydrogen (secondary N) is 1. The van der Waals surface area contributed by atoms with E-state index < -0.39 is 0 Å². The molecule has 1 aliphatic heterocycles. The molecule has 1 amide bonds. The van der Waals surface area contributed by atoms with Crippen molar-refractivity contribution in [2.75, 3.05) is 11.9 Å². The largest absolute Gasteiger partial charge is 0.367 e. The normalized spacial score (nSPS) is 14.3. The summed E-state index contributed by atoms with van der Waals surface area (Å²) in [4.78, 5) is 20.0. The van der Waals surface area contributed by atoms with E-state index in [-0.39, 0.29) is 12.5 Å². The number of amides is 1. The summed E-state index contributed by atoms with van der Waals surface area (Å²) < 4.78 is 5.38. The van der Waals surface area contributed by atoms with E-state index >= 15 is 0 Å². The lowest BCUT2D eigenvalue weighted by atomic mass is 9.99. The number of aromatic nitrogens is 2. The maximum atomic E-state index is 11.5.